The van der Waals surface area contributed by atoms with Gasteiger partial charge in [-0.15, -0.1) is 23.1 Å². The fourth-order valence-electron chi connectivity index (χ4n) is 2.00. The van der Waals surface area contributed by atoms with E-state index < -0.39 is 12.0 Å². The van der Waals surface area contributed by atoms with Gasteiger partial charge in [0.1, 0.15) is 6.04 Å². The van der Waals surface area contributed by atoms with Crippen LogP contribution in [0.3, 0.4) is 0 Å². The third kappa shape index (κ3) is 3.27. The first-order valence-electron chi connectivity index (χ1n) is 6.31. The largest absolute Gasteiger partial charge is 0.480 e. The Morgan fingerprint density at radius 2 is 2.30 bits per heavy atom. The Hall–Kier alpha value is -1.21. The summed E-state index contributed by atoms with van der Waals surface area (Å²) < 4.78 is 0. The smallest absolute Gasteiger partial charge is 0.327 e. The van der Waals surface area contributed by atoms with Crippen molar-refractivity contribution in [3.8, 4) is 0 Å². The molecule has 0 aromatic carbocycles. The van der Waals surface area contributed by atoms with E-state index in [4.69, 9.17) is 5.11 Å². The number of rotatable bonds is 4. The topological polar surface area (TPSA) is 69.6 Å². The molecule has 20 heavy (non-hydrogen) atoms. The van der Waals surface area contributed by atoms with E-state index in [0.717, 1.165) is 0 Å². The summed E-state index contributed by atoms with van der Waals surface area (Å²) in [7, 11) is 0. The average Bonchev–Trinajstić information content (AvgIpc) is 3.06. The van der Waals surface area contributed by atoms with Gasteiger partial charge in [0, 0.05) is 22.6 Å². The minimum atomic E-state index is -0.942. The van der Waals surface area contributed by atoms with Gasteiger partial charge in [-0.3, -0.25) is 0 Å². The first kappa shape index (κ1) is 15.2. The summed E-state index contributed by atoms with van der Waals surface area (Å²) in [4.78, 5) is 25.8. The Labute approximate surface area is 126 Å². The molecule has 0 spiro atoms. The van der Waals surface area contributed by atoms with Crippen molar-refractivity contribution < 1.29 is 14.7 Å². The van der Waals surface area contributed by atoms with Crippen LogP contribution >= 0.6 is 23.1 Å². The monoisotopic (exact) mass is 314 g/mol. The van der Waals surface area contributed by atoms with Crippen LogP contribution in [-0.4, -0.2) is 46.2 Å². The Kier molecular flexibility index (Phi) is 4.59. The molecule has 1 saturated heterocycles. The van der Waals surface area contributed by atoms with Gasteiger partial charge < -0.3 is 15.3 Å². The van der Waals surface area contributed by atoms with E-state index in [2.05, 4.69) is 19.2 Å². The molecule has 7 heteroatoms. The molecular weight excluding hydrogens is 296 g/mol. The standard InChI is InChI=1S/C13H18N2O3S2/c1-13(2,10-4-3-5-20-10)7-14-12(18)15-8-19-6-9(15)11(16)17/h3-5,9H,6-8H2,1-2H3,(H,14,18)(H,16,17)/t9-/m0/s1. The summed E-state index contributed by atoms with van der Waals surface area (Å²) in [5.41, 5.74) is -0.157. The second-order valence-corrected chi connectivity index (χ2v) is 7.29. The number of amides is 2. The number of hydrogen-bond acceptors (Lipinski definition) is 4. The second-order valence-electron chi connectivity index (χ2n) is 5.34. The van der Waals surface area contributed by atoms with Gasteiger partial charge in [-0.1, -0.05) is 19.9 Å². The van der Waals surface area contributed by atoms with Crippen LogP contribution in [0.4, 0.5) is 4.79 Å². The van der Waals surface area contributed by atoms with Gasteiger partial charge in [0.25, 0.3) is 0 Å². The quantitative estimate of drug-likeness (QED) is 0.894. The van der Waals surface area contributed by atoms with E-state index in [9.17, 15) is 9.59 Å². The van der Waals surface area contributed by atoms with Gasteiger partial charge in [-0.25, -0.2) is 9.59 Å². The Bertz CT molecular complexity index is 488. The van der Waals surface area contributed by atoms with Crippen LogP contribution in [0.1, 0.15) is 18.7 Å². The van der Waals surface area contributed by atoms with Crippen molar-refractivity contribution in [3.05, 3.63) is 22.4 Å². The zero-order valence-corrected chi connectivity index (χ0v) is 13.1. The molecule has 1 aliphatic heterocycles. The van der Waals surface area contributed by atoms with E-state index in [1.54, 1.807) is 11.3 Å². The highest BCUT2D eigenvalue weighted by atomic mass is 32.2. The van der Waals surface area contributed by atoms with Crippen LogP contribution in [0.5, 0.6) is 0 Å². The summed E-state index contributed by atoms with van der Waals surface area (Å²) in [6.07, 6.45) is 0. The summed E-state index contributed by atoms with van der Waals surface area (Å²) in [6, 6.07) is 3.01. The minimum Gasteiger partial charge on any atom is -0.480 e. The predicted molar refractivity (Wildman–Crippen MR) is 81.3 cm³/mol. The van der Waals surface area contributed by atoms with E-state index in [1.807, 2.05) is 17.5 Å². The van der Waals surface area contributed by atoms with Crippen molar-refractivity contribution in [2.24, 2.45) is 0 Å². The number of hydrogen-bond donors (Lipinski definition) is 2. The Morgan fingerprint density at radius 3 is 2.90 bits per heavy atom. The van der Waals surface area contributed by atoms with Crippen LogP contribution in [0, 0.1) is 0 Å². The first-order valence-corrected chi connectivity index (χ1v) is 8.34. The summed E-state index contributed by atoms with van der Waals surface area (Å²) in [5, 5.41) is 13.9. The van der Waals surface area contributed by atoms with E-state index in [-0.39, 0.29) is 11.4 Å². The number of carbonyl (C=O) groups is 2. The van der Waals surface area contributed by atoms with Crippen molar-refractivity contribution >= 4 is 35.1 Å². The lowest BCUT2D eigenvalue weighted by Crippen LogP contribution is -2.49. The van der Waals surface area contributed by atoms with Gasteiger partial charge in [-0.2, -0.15) is 0 Å². The molecule has 1 fully saturated rings. The lowest BCUT2D eigenvalue weighted by Gasteiger charge is -2.27. The van der Waals surface area contributed by atoms with Crippen LogP contribution in [0.25, 0.3) is 0 Å². The molecule has 0 bridgehead atoms. The molecular formula is C13H18N2O3S2. The fraction of sp³-hybridized carbons (Fsp3) is 0.538. The molecule has 0 saturated carbocycles. The number of carboxylic acid groups (broad SMARTS) is 1. The van der Waals surface area contributed by atoms with Crippen LogP contribution in [0.2, 0.25) is 0 Å². The third-order valence-corrected chi connectivity index (χ3v) is 5.55. The maximum absolute atomic E-state index is 12.1. The van der Waals surface area contributed by atoms with E-state index >= 15 is 0 Å². The fourth-order valence-corrected chi connectivity index (χ4v) is 3.99. The molecule has 0 unspecified atom stereocenters. The molecule has 110 valence electrons. The van der Waals surface area contributed by atoms with Crippen LogP contribution < -0.4 is 5.32 Å². The van der Waals surface area contributed by atoms with Crippen molar-refractivity contribution in [3.63, 3.8) is 0 Å². The number of aliphatic carboxylic acids is 1. The Morgan fingerprint density at radius 1 is 1.55 bits per heavy atom. The highest BCUT2D eigenvalue weighted by Crippen LogP contribution is 2.27. The predicted octanol–water partition coefficient (Wildman–Crippen LogP) is 2.19. The zero-order valence-electron chi connectivity index (χ0n) is 11.5. The number of urea groups is 1. The van der Waals surface area contributed by atoms with Crippen LogP contribution in [0.15, 0.2) is 17.5 Å². The van der Waals surface area contributed by atoms with Gasteiger partial charge >= 0.3 is 12.0 Å². The number of carbonyl (C=O) groups excluding carboxylic acids is 1. The van der Waals surface area contributed by atoms with Gasteiger partial charge in [0.15, 0.2) is 0 Å². The highest BCUT2D eigenvalue weighted by Gasteiger charge is 2.35. The third-order valence-electron chi connectivity index (χ3n) is 3.30. The molecule has 2 N–H and O–H groups in total. The molecule has 1 aromatic heterocycles. The lowest BCUT2D eigenvalue weighted by molar-refractivity contribution is -0.140. The van der Waals surface area contributed by atoms with Crippen molar-refractivity contribution in [1.29, 1.82) is 0 Å². The lowest BCUT2D eigenvalue weighted by atomic mass is 9.91. The van der Waals surface area contributed by atoms with E-state index in [1.165, 1.54) is 21.5 Å². The van der Waals surface area contributed by atoms with Crippen molar-refractivity contribution in [2.75, 3.05) is 18.2 Å². The van der Waals surface area contributed by atoms with E-state index in [0.29, 0.717) is 18.2 Å². The van der Waals surface area contributed by atoms with Gasteiger partial charge in [0.05, 0.1) is 5.88 Å². The maximum atomic E-state index is 12.1. The first-order chi connectivity index (χ1) is 9.42. The van der Waals surface area contributed by atoms with Crippen molar-refractivity contribution in [1.82, 2.24) is 10.2 Å². The highest BCUT2D eigenvalue weighted by molar-refractivity contribution is 7.99. The molecule has 2 amide bonds. The molecule has 2 rings (SSSR count). The molecule has 2 heterocycles. The molecule has 0 aliphatic carbocycles. The normalized spacial score (nSPS) is 19.1. The molecule has 1 aromatic rings. The maximum Gasteiger partial charge on any atom is 0.327 e. The number of nitrogens with zero attached hydrogens (tertiary/aromatic N) is 1. The van der Waals surface area contributed by atoms with Crippen LogP contribution in [-0.2, 0) is 10.2 Å². The number of nitrogens with one attached hydrogen (secondary N) is 1. The zero-order chi connectivity index (χ0) is 14.8. The van der Waals surface area contributed by atoms with Gasteiger partial charge in [0.2, 0.25) is 0 Å². The minimum absolute atomic E-state index is 0.157. The molecule has 5 nitrogen and oxygen atoms in total. The van der Waals surface area contributed by atoms with Gasteiger partial charge in [-0.05, 0) is 11.4 Å². The Balaban J connectivity index is 1.94. The molecule has 1 aliphatic rings. The average molecular weight is 314 g/mol. The number of carboxylic acids is 1. The SMILES string of the molecule is CC(C)(CNC(=O)N1CSC[C@H]1C(=O)O)c1cccs1. The molecule has 0 radical (unpaired) electrons. The molecule has 1 atom stereocenters. The summed E-state index contributed by atoms with van der Waals surface area (Å²) >= 11 is 3.12. The van der Waals surface area contributed by atoms with Crippen molar-refractivity contribution in [2.45, 2.75) is 25.3 Å². The second kappa shape index (κ2) is 6.05. The summed E-state index contributed by atoms with van der Waals surface area (Å²) in [5.74, 6) is -0.0538. The number of thiophene rings is 1. The number of thioether (sulfide) groups is 1. The summed E-state index contributed by atoms with van der Waals surface area (Å²) in [6.45, 7) is 4.61.